The summed E-state index contributed by atoms with van der Waals surface area (Å²) in [7, 11) is 0. The Balaban J connectivity index is 1.65. The molecule has 0 aromatic heterocycles. The monoisotopic (exact) mass is 263 g/mol. The van der Waals surface area contributed by atoms with E-state index in [0.29, 0.717) is 6.04 Å². The average molecular weight is 263 g/mol. The molecule has 1 heterocycles. The van der Waals surface area contributed by atoms with Crippen molar-refractivity contribution < 1.29 is 9.13 Å². The van der Waals surface area contributed by atoms with Gasteiger partial charge in [-0.1, -0.05) is 25.3 Å². The van der Waals surface area contributed by atoms with Crippen LogP contribution in [-0.2, 0) is 4.74 Å². The molecule has 1 spiro atoms. The molecule has 1 saturated heterocycles. The first-order valence-electron chi connectivity index (χ1n) is 7.42. The molecule has 2 fully saturated rings. The molecule has 3 rings (SSSR count). The van der Waals surface area contributed by atoms with E-state index in [1.807, 2.05) is 6.07 Å². The molecule has 1 aliphatic heterocycles. The second-order valence-corrected chi connectivity index (χ2v) is 5.94. The maximum atomic E-state index is 13.2. The number of halogens is 1. The Hall–Kier alpha value is -1.09. The number of ether oxygens (including phenoxy) is 1. The summed E-state index contributed by atoms with van der Waals surface area (Å²) in [6.07, 6.45) is 8.36. The van der Waals surface area contributed by atoms with Crippen LogP contribution in [0.1, 0.15) is 44.9 Å². The molecule has 1 saturated carbocycles. The van der Waals surface area contributed by atoms with Crippen molar-refractivity contribution in [2.75, 3.05) is 11.9 Å². The van der Waals surface area contributed by atoms with Gasteiger partial charge in [0.1, 0.15) is 5.82 Å². The molecular formula is C16H22FNO. The van der Waals surface area contributed by atoms with Crippen LogP contribution in [0.15, 0.2) is 24.3 Å². The van der Waals surface area contributed by atoms with Gasteiger partial charge in [-0.05, 0) is 43.9 Å². The lowest BCUT2D eigenvalue weighted by molar-refractivity contribution is -0.103. The third kappa shape index (κ3) is 3.08. The summed E-state index contributed by atoms with van der Waals surface area (Å²) in [5, 5.41) is 3.47. The van der Waals surface area contributed by atoms with Gasteiger partial charge in [0.15, 0.2) is 0 Å². The van der Waals surface area contributed by atoms with Crippen LogP contribution < -0.4 is 5.32 Å². The molecule has 1 aromatic carbocycles. The van der Waals surface area contributed by atoms with Gasteiger partial charge in [-0.2, -0.15) is 0 Å². The zero-order valence-electron chi connectivity index (χ0n) is 11.3. The maximum Gasteiger partial charge on any atom is 0.125 e. The SMILES string of the molecule is Fc1cccc(NC2CCOC3(CCCCC3)C2)c1. The van der Waals surface area contributed by atoms with Crippen LogP contribution in [-0.4, -0.2) is 18.2 Å². The minimum absolute atomic E-state index is 0.0987. The summed E-state index contributed by atoms with van der Waals surface area (Å²) < 4.78 is 19.3. The fourth-order valence-corrected chi connectivity index (χ4v) is 3.51. The first kappa shape index (κ1) is 12.9. The number of nitrogens with one attached hydrogen (secondary N) is 1. The molecule has 1 unspecified atom stereocenters. The highest BCUT2D eigenvalue weighted by Gasteiger charge is 2.38. The van der Waals surface area contributed by atoms with Crippen molar-refractivity contribution in [3.05, 3.63) is 30.1 Å². The average Bonchev–Trinajstić information content (AvgIpc) is 2.40. The Morgan fingerprint density at radius 2 is 2.05 bits per heavy atom. The summed E-state index contributed by atoms with van der Waals surface area (Å²) in [6.45, 7) is 0.826. The third-order valence-corrected chi connectivity index (χ3v) is 4.45. The minimum Gasteiger partial charge on any atom is -0.382 e. The van der Waals surface area contributed by atoms with Gasteiger partial charge in [-0.15, -0.1) is 0 Å². The molecule has 0 amide bonds. The van der Waals surface area contributed by atoms with E-state index in [-0.39, 0.29) is 11.4 Å². The van der Waals surface area contributed by atoms with E-state index >= 15 is 0 Å². The number of rotatable bonds is 2. The first-order chi connectivity index (χ1) is 9.26. The molecule has 3 heteroatoms. The Labute approximate surface area is 114 Å². The molecule has 1 aromatic rings. The van der Waals surface area contributed by atoms with Gasteiger partial charge in [0.2, 0.25) is 0 Å². The fraction of sp³-hybridized carbons (Fsp3) is 0.625. The van der Waals surface area contributed by atoms with Crippen molar-refractivity contribution in [1.29, 1.82) is 0 Å². The van der Waals surface area contributed by atoms with Crippen LogP contribution in [0, 0.1) is 5.82 Å². The molecule has 0 bridgehead atoms. The van der Waals surface area contributed by atoms with Gasteiger partial charge in [-0.3, -0.25) is 0 Å². The molecule has 1 aliphatic carbocycles. The molecule has 0 radical (unpaired) electrons. The second-order valence-electron chi connectivity index (χ2n) is 5.94. The number of hydrogen-bond donors (Lipinski definition) is 1. The molecule has 19 heavy (non-hydrogen) atoms. The summed E-state index contributed by atoms with van der Waals surface area (Å²) in [5.74, 6) is -0.176. The lowest BCUT2D eigenvalue weighted by Crippen LogP contribution is -2.45. The van der Waals surface area contributed by atoms with Gasteiger partial charge in [-0.25, -0.2) is 4.39 Å². The first-order valence-corrected chi connectivity index (χ1v) is 7.42. The van der Waals surface area contributed by atoms with Gasteiger partial charge in [0, 0.05) is 18.3 Å². The topological polar surface area (TPSA) is 21.3 Å². The Morgan fingerprint density at radius 1 is 1.21 bits per heavy atom. The second kappa shape index (κ2) is 5.49. The highest BCUT2D eigenvalue weighted by molar-refractivity contribution is 5.44. The number of anilines is 1. The van der Waals surface area contributed by atoms with Crippen LogP contribution in [0.25, 0.3) is 0 Å². The van der Waals surface area contributed by atoms with Crippen molar-refractivity contribution in [3.63, 3.8) is 0 Å². The van der Waals surface area contributed by atoms with Crippen LogP contribution in [0.3, 0.4) is 0 Å². The molecule has 2 nitrogen and oxygen atoms in total. The highest BCUT2D eigenvalue weighted by Crippen LogP contribution is 2.39. The third-order valence-electron chi connectivity index (χ3n) is 4.45. The van der Waals surface area contributed by atoms with Gasteiger partial charge in [0.25, 0.3) is 0 Å². The predicted octanol–water partition coefficient (Wildman–Crippen LogP) is 4.12. The lowest BCUT2D eigenvalue weighted by Gasteiger charge is -2.43. The minimum atomic E-state index is -0.176. The summed E-state index contributed by atoms with van der Waals surface area (Å²) in [5.41, 5.74) is 0.986. The zero-order valence-corrected chi connectivity index (χ0v) is 11.3. The van der Waals surface area contributed by atoms with E-state index in [0.717, 1.165) is 25.1 Å². The molecule has 1 atom stereocenters. The normalized spacial score (nSPS) is 26.3. The van der Waals surface area contributed by atoms with E-state index < -0.39 is 0 Å². The van der Waals surface area contributed by atoms with Crippen molar-refractivity contribution in [3.8, 4) is 0 Å². The predicted molar refractivity (Wildman–Crippen MR) is 74.8 cm³/mol. The summed E-state index contributed by atoms with van der Waals surface area (Å²) >= 11 is 0. The number of hydrogen-bond acceptors (Lipinski definition) is 2. The largest absolute Gasteiger partial charge is 0.382 e. The zero-order chi connectivity index (χ0) is 13.1. The van der Waals surface area contributed by atoms with Crippen LogP contribution in [0.5, 0.6) is 0 Å². The molecular weight excluding hydrogens is 241 g/mol. The smallest absolute Gasteiger partial charge is 0.125 e. The Morgan fingerprint density at radius 3 is 2.84 bits per heavy atom. The standard InChI is InChI=1S/C16H22FNO/c17-13-5-4-6-14(11-13)18-15-7-10-19-16(12-15)8-2-1-3-9-16/h4-6,11,15,18H,1-3,7-10,12H2. The molecule has 104 valence electrons. The van der Waals surface area contributed by atoms with Gasteiger partial charge in [0.05, 0.1) is 5.60 Å². The molecule has 1 N–H and O–H groups in total. The van der Waals surface area contributed by atoms with Crippen molar-refractivity contribution in [2.45, 2.75) is 56.6 Å². The van der Waals surface area contributed by atoms with Crippen molar-refractivity contribution in [2.24, 2.45) is 0 Å². The van der Waals surface area contributed by atoms with Crippen LogP contribution >= 0.6 is 0 Å². The van der Waals surface area contributed by atoms with Crippen LogP contribution in [0.4, 0.5) is 10.1 Å². The van der Waals surface area contributed by atoms with E-state index in [1.54, 1.807) is 12.1 Å². The van der Waals surface area contributed by atoms with E-state index in [1.165, 1.54) is 38.2 Å². The van der Waals surface area contributed by atoms with Crippen molar-refractivity contribution in [1.82, 2.24) is 0 Å². The summed E-state index contributed by atoms with van der Waals surface area (Å²) in [6, 6.07) is 7.16. The van der Waals surface area contributed by atoms with Gasteiger partial charge < -0.3 is 10.1 Å². The molecule has 2 aliphatic rings. The fourth-order valence-electron chi connectivity index (χ4n) is 3.51. The van der Waals surface area contributed by atoms with E-state index in [4.69, 9.17) is 4.74 Å². The van der Waals surface area contributed by atoms with Crippen molar-refractivity contribution >= 4 is 5.69 Å². The van der Waals surface area contributed by atoms with E-state index in [9.17, 15) is 4.39 Å². The lowest BCUT2D eigenvalue weighted by atomic mass is 9.78. The Kier molecular flexibility index (Phi) is 3.74. The van der Waals surface area contributed by atoms with Gasteiger partial charge >= 0.3 is 0 Å². The maximum absolute atomic E-state index is 13.2. The quantitative estimate of drug-likeness (QED) is 0.866. The van der Waals surface area contributed by atoms with Crippen LogP contribution in [0.2, 0.25) is 0 Å². The number of benzene rings is 1. The Bertz CT molecular complexity index is 423. The highest BCUT2D eigenvalue weighted by atomic mass is 19.1. The van der Waals surface area contributed by atoms with E-state index in [2.05, 4.69) is 5.32 Å². The summed E-state index contributed by atoms with van der Waals surface area (Å²) in [4.78, 5) is 0.